The van der Waals surface area contributed by atoms with Gasteiger partial charge in [0.25, 0.3) is 5.91 Å². The average Bonchev–Trinajstić information content (AvgIpc) is 3.16. The van der Waals surface area contributed by atoms with Crippen LogP contribution in [-0.4, -0.2) is 32.7 Å². The molecule has 0 bridgehead atoms. The third-order valence-corrected chi connectivity index (χ3v) is 3.72. The van der Waals surface area contributed by atoms with Crippen molar-refractivity contribution in [2.75, 3.05) is 5.32 Å². The molecule has 26 heavy (non-hydrogen) atoms. The summed E-state index contributed by atoms with van der Waals surface area (Å²) in [6, 6.07) is 14.1. The molecule has 1 aromatic heterocycles. The molecule has 0 aliphatic rings. The Balaban J connectivity index is 1.60. The second kappa shape index (κ2) is 7.60. The normalized spacial score (nSPS) is 11.6. The van der Waals surface area contributed by atoms with Crippen molar-refractivity contribution >= 4 is 17.6 Å². The average molecular weight is 350 g/mol. The van der Waals surface area contributed by atoms with Crippen LogP contribution in [0, 0.1) is 6.92 Å². The van der Waals surface area contributed by atoms with Crippen LogP contribution in [0.25, 0.3) is 5.69 Å². The largest absolute Gasteiger partial charge is 0.449 e. The monoisotopic (exact) mass is 350 g/mol. The fraction of sp³-hybridized carbons (Fsp3) is 0.158. The van der Waals surface area contributed by atoms with E-state index in [4.69, 9.17) is 4.74 Å². The maximum absolute atomic E-state index is 12.2. The smallest absolute Gasteiger partial charge is 0.338 e. The maximum Gasteiger partial charge on any atom is 0.338 e. The number of anilines is 1. The molecule has 2 aromatic carbocycles. The number of hydrogen-bond acceptors (Lipinski definition) is 5. The van der Waals surface area contributed by atoms with Gasteiger partial charge in [-0.25, -0.2) is 14.5 Å². The van der Waals surface area contributed by atoms with Gasteiger partial charge >= 0.3 is 5.97 Å². The van der Waals surface area contributed by atoms with Gasteiger partial charge in [-0.1, -0.05) is 12.1 Å². The zero-order chi connectivity index (χ0) is 18.5. The minimum Gasteiger partial charge on any atom is -0.449 e. The van der Waals surface area contributed by atoms with E-state index in [1.807, 2.05) is 25.1 Å². The molecule has 0 fully saturated rings. The van der Waals surface area contributed by atoms with Crippen LogP contribution in [-0.2, 0) is 9.53 Å². The van der Waals surface area contributed by atoms with Crippen LogP contribution in [0.1, 0.15) is 22.8 Å². The molecule has 1 atom stereocenters. The molecule has 0 unspecified atom stereocenters. The predicted octanol–water partition coefficient (Wildman–Crippen LogP) is 2.76. The topological polar surface area (TPSA) is 86.1 Å². The van der Waals surface area contributed by atoms with Crippen molar-refractivity contribution in [3.05, 3.63) is 72.3 Å². The first-order chi connectivity index (χ1) is 12.5. The van der Waals surface area contributed by atoms with Crippen molar-refractivity contribution in [3.63, 3.8) is 0 Å². The summed E-state index contributed by atoms with van der Waals surface area (Å²) in [5, 5.41) is 6.75. The maximum atomic E-state index is 12.2. The predicted molar refractivity (Wildman–Crippen MR) is 96.0 cm³/mol. The number of benzene rings is 2. The molecule has 0 radical (unpaired) electrons. The van der Waals surface area contributed by atoms with E-state index in [1.165, 1.54) is 13.3 Å². The number of esters is 1. The lowest BCUT2D eigenvalue weighted by Gasteiger charge is -2.14. The quantitative estimate of drug-likeness (QED) is 0.715. The van der Waals surface area contributed by atoms with Gasteiger partial charge in [0.2, 0.25) is 0 Å². The number of hydrogen-bond donors (Lipinski definition) is 1. The molecule has 0 spiro atoms. The summed E-state index contributed by atoms with van der Waals surface area (Å²) in [5.74, 6) is -0.954. The molecular weight excluding hydrogens is 332 g/mol. The van der Waals surface area contributed by atoms with Crippen molar-refractivity contribution in [3.8, 4) is 5.69 Å². The molecule has 0 saturated carbocycles. The SMILES string of the molecule is Cc1cccc(NC(=O)[C@H](C)OC(=O)c2ccc(-n3cncn3)cc2)c1. The van der Waals surface area contributed by atoms with Gasteiger partial charge in [-0.15, -0.1) is 0 Å². The lowest BCUT2D eigenvalue weighted by Crippen LogP contribution is -2.30. The number of aromatic nitrogens is 3. The van der Waals surface area contributed by atoms with E-state index in [9.17, 15) is 9.59 Å². The summed E-state index contributed by atoms with van der Waals surface area (Å²) < 4.78 is 6.82. The van der Waals surface area contributed by atoms with Crippen LogP contribution >= 0.6 is 0 Å². The first-order valence-corrected chi connectivity index (χ1v) is 8.06. The highest BCUT2D eigenvalue weighted by Gasteiger charge is 2.19. The van der Waals surface area contributed by atoms with Crippen LogP contribution in [0.2, 0.25) is 0 Å². The van der Waals surface area contributed by atoms with E-state index < -0.39 is 12.1 Å². The summed E-state index contributed by atoms with van der Waals surface area (Å²) in [6.07, 6.45) is 2.07. The van der Waals surface area contributed by atoms with E-state index >= 15 is 0 Å². The number of carbonyl (C=O) groups excluding carboxylic acids is 2. The molecular formula is C19H18N4O3. The number of amides is 1. The number of carbonyl (C=O) groups is 2. The molecule has 0 aliphatic carbocycles. The van der Waals surface area contributed by atoms with Gasteiger partial charge in [0.15, 0.2) is 6.10 Å². The highest BCUT2D eigenvalue weighted by atomic mass is 16.5. The Labute approximate surface area is 150 Å². The van der Waals surface area contributed by atoms with Gasteiger partial charge in [0.1, 0.15) is 12.7 Å². The molecule has 3 aromatic rings. The first kappa shape index (κ1) is 17.3. The van der Waals surface area contributed by atoms with Crippen molar-refractivity contribution in [1.82, 2.24) is 14.8 Å². The number of ether oxygens (including phenoxy) is 1. The van der Waals surface area contributed by atoms with Crippen molar-refractivity contribution < 1.29 is 14.3 Å². The van der Waals surface area contributed by atoms with Gasteiger partial charge in [-0.3, -0.25) is 4.79 Å². The fourth-order valence-electron chi connectivity index (χ4n) is 2.34. The summed E-state index contributed by atoms with van der Waals surface area (Å²) in [7, 11) is 0. The summed E-state index contributed by atoms with van der Waals surface area (Å²) in [5.41, 5.74) is 2.81. The van der Waals surface area contributed by atoms with Crippen molar-refractivity contribution in [2.45, 2.75) is 20.0 Å². The number of nitrogens with one attached hydrogen (secondary N) is 1. The highest BCUT2D eigenvalue weighted by molar-refractivity contribution is 5.97. The third kappa shape index (κ3) is 4.13. The molecule has 7 heteroatoms. The Morgan fingerprint density at radius 3 is 2.58 bits per heavy atom. The zero-order valence-electron chi connectivity index (χ0n) is 14.4. The third-order valence-electron chi connectivity index (χ3n) is 3.72. The lowest BCUT2D eigenvalue weighted by atomic mass is 10.2. The molecule has 0 saturated heterocycles. The van der Waals surface area contributed by atoms with E-state index in [-0.39, 0.29) is 5.91 Å². The van der Waals surface area contributed by atoms with Crippen LogP contribution < -0.4 is 5.32 Å². The second-order valence-corrected chi connectivity index (χ2v) is 5.79. The van der Waals surface area contributed by atoms with Crippen molar-refractivity contribution in [1.29, 1.82) is 0 Å². The first-order valence-electron chi connectivity index (χ1n) is 8.06. The molecule has 1 N–H and O–H groups in total. The van der Waals surface area contributed by atoms with E-state index in [0.29, 0.717) is 11.3 Å². The minimum absolute atomic E-state index is 0.351. The van der Waals surface area contributed by atoms with Gasteiger partial charge in [-0.2, -0.15) is 5.10 Å². The van der Waals surface area contributed by atoms with Gasteiger partial charge in [-0.05, 0) is 55.8 Å². The molecule has 1 amide bonds. The van der Waals surface area contributed by atoms with Crippen LogP contribution in [0.4, 0.5) is 5.69 Å². The Morgan fingerprint density at radius 2 is 1.92 bits per heavy atom. The molecule has 132 valence electrons. The Kier molecular flexibility index (Phi) is 5.07. The minimum atomic E-state index is -0.919. The number of rotatable bonds is 5. The number of aryl methyl sites for hydroxylation is 1. The number of nitrogens with zero attached hydrogens (tertiary/aromatic N) is 3. The van der Waals surface area contributed by atoms with E-state index in [1.54, 1.807) is 41.3 Å². The van der Waals surface area contributed by atoms with E-state index in [2.05, 4.69) is 15.4 Å². The summed E-state index contributed by atoms with van der Waals surface area (Å²) >= 11 is 0. The van der Waals surface area contributed by atoms with Crippen LogP contribution in [0.3, 0.4) is 0 Å². The van der Waals surface area contributed by atoms with Crippen LogP contribution in [0.5, 0.6) is 0 Å². The van der Waals surface area contributed by atoms with Gasteiger partial charge < -0.3 is 10.1 Å². The van der Waals surface area contributed by atoms with Gasteiger partial charge in [0, 0.05) is 5.69 Å². The molecule has 1 heterocycles. The van der Waals surface area contributed by atoms with E-state index in [0.717, 1.165) is 11.3 Å². The Morgan fingerprint density at radius 1 is 1.15 bits per heavy atom. The highest BCUT2D eigenvalue weighted by Crippen LogP contribution is 2.13. The standard InChI is InChI=1S/C19H18N4O3/c1-13-4-3-5-16(10-13)22-18(24)14(2)26-19(25)15-6-8-17(9-7-15)23-12-20-11-21-23/h3-12,14H,1-2H3,(H,22,24)/t14-/m0/s1. The molecule has 0 aliphatic heterocycles. The fourth-order valence-corrected chi connectivity index (χ4v) is 2.34. The van der Waals surface area contributed by atoms with Crippen LogP contribution in [0.15, 0.2) is 61.2 Å². The molecule has 7 nitrogen and oxygen atoms in total. The summed E-state index contributed by atoms with van der Waals surface area (Å²) in [4.78, 5) is 28.3. The second-order valence-electron chi connectivity index (χ2n) is 5.79. The van der Waals surface area contributed by atoms with Gasteiger partial charge in [0.05, 0.1) is 11.3 Å². The lowest BCUT2D eigenvalue weighted by molar-refractivity contribution is -0.123. The van der Waals surface area contributed by atoms with Crippen molar-refractivity contribution in [2.24, 2.45) is 0 Å². The Hall–Kier alpha value is -3.48. The summed E-state index contributed by atoms with van der Waals surface area (Å²) in [6.45, 7) is 3.47. The Bertz CT molecular complexity index is 905. The zero-order valence-corrected chi connectivity index (χ0v) is 14.4. The molecule has 3 rings (SSSR count).